The molecule has 0 aliphatic carbocycles. The van der Waals surface area contributed by atoms with Gasteiger partial charge in [-0.05, 0) is 31.5 Å². The van der Waals surface area contributed by atoms with E-state index in [0.717, 1.165) is 12.0 Å². The molecule has 5 nitrogen and oxygen atoms in total. The van der Waals surface area contributed by atoms with Gasteiger partial charge in [0.2, 0.25) is 5.91 Å². The Morgan fingerprint density at radius 3 is 2.60 bits per heavy atom. The highest BCUT2D eigenvalue weighted by Gasteiger charge is 2.10. The van der Waals surface area contributed by atoms with Crippen LogP contribution in [-0.2, 0) is 11.2 Å². The third-order valence-electron chi connectivity index (χ3n) is 2.76. The monoisotopic (exact) mass is 302 g/mol. The number of hydrogen-bond donors (Lipinski definition) is 2. The van der Waals surface area contributed by atoms with Gasteiger partial charge in [0.25, 0.3) is 0 Å². The standard InChI is InChI=1S/C14H22N2O3.ClH/c1-10(15)6-7-16-14(17)9-11-8-12(18-2)4-5-13(11)19-3;/h4-5,8,10H,6-7,9,15H2,1-3H3,(H,16,17);1H. The first-order valence-electron chi connectivity index (χ1n) is 6.30. The molecule has 3 N–H and O–H groups in total. The zero-order chi connectivity index (χ0) is 14.3. The number of hydrogen-bond acceptors (Lipinski definition) is 4. The molecule has 1 aromatic carbocycles. The Bertz CT molecular complexity index is 425. The first-order chi connectivity index (χ1) is 9.06. The fraction of sp³-hybridized carbons (Fsp3) is 0.500. The normalized spacial score (nSPS) is 11.2. The van der Waals surface area contributed by atoms with Gasteiger partial charge in [0.15, 0.2) is 0 Å². The fourth-order valence-electron chi connectivity index (χ4n) is 1.69. The fourth-order valence-corrected chi connectivity index (χ4v) is 1.69. The Morgan fingerprint density at radius 2 is 2.05 bits per heavy atom. The van der Waals surface area contributed by atoms with Gasteiger partial charge in [0.05, 0.1) is 20.6 Å². The van der Waals surface area contributed by atoms with Gasteiger partial charge in [0, 0.05) is 18.2 Å². The van der Waals surface area contributed by atoms with Crippen LogP contribution < -0.4 is 20.5 Å². The van der Waals surface area contributed by atoms with Crippen molar-refractivity contribution in [1.82, 2.24) is 5.32 Å². The lowest BCUT2D eigenvalue weighted by atomic mass is 10.1. The van der Waals surface area contributed by atoms with Crippen molar-refractivity contribution in [2.75, 3.05) is 20.8 Å². The molecule has 0 spiro atoms. The van der Waals surface area contributed by atoms with Crippen molar-refractivity contribution in [1.29, 1.82) is 0 Å². The molecule has 20 heavy (non-hydrogen) atoms. The number of ether oxygens (including phenoxy) is 2. The molecule has 0 fully saturated rings. The first kappa shape index (κ1) is 18.5. The minimum Gasteiger partial charge on any atom is -0.497 e. The zero-order valence-corrected chi connectivity index (χ0v) is 13.0. The van der Waals surface area contributed by atoms with Crippen LogP contribution in [0.3, 0.4) is 0 Å². The maximum Gasteiger partial charge on any atom is 0.224 e. The van der Waals surface area contributed by atoms with Crippen LogP contribution in [0.25, 0.3) is 0 Å². The molecule has 114 valence electrons. The van der Waals surface area contributed by atoms with Gasteiger partial charge < -0.3 is 20.5 Å². The highest BCUT2D eigenvalue weighted by molar-refractivity contribution is 5.85. The molecule has 1 amide bonds. The molecule has 1 atom stereocenters. The lowest BCUT2D eigenvalue weighted by Gasteiger charge is -2.11. The Labute approximate surface area is 126 Å². The largest absolute Gasteiger partial charge is 0.497 e. The zero-order valence-electron chi connectivity index (χ0n) is 12.1. The molecule has 0 radical (unpaired) electrons. The molecular formula is C14H23ClN2O3. The Kier molecular flexibility index (Phi) is 8.76. The van der Waals surface area contributed by atoms with Gasteiger partial charge in [-0.1, -0.05) is 0 Å². The third kappa shape index (κ3) is 6.12. The van der Waals surface area contributed by atoms with Gasteiger partial charge in [-0.15, -0.1) is 12.4 Å². The van der Waals surface area contributed by atoms with Crippen molar-refractivity contribution in [3.8, 4) is 11.5 Å². The molecule has 1 aromatic rings. The summed E-state index contributed by atoms with van der Waals surface area (Å²) in [4.78, 5) is 11.8. The van der Waals surface area contributed by atoms with E-state index in [-0.39, 0.29) is 30.8 Å². The van der Waals surface area contributed by atoms with Crippen LogP contribution in [0.1, 0.15) is 18.9 Å². The maximum atomic E-state index is 11.8. The molecule has 1 unspecified atom stereocenters. The van der Waals surface area contributed by atoms with E-state index in [4.69, 9.17) is 15.2 Å². The lowest BCUT2D eigenvalue weighted by Crippen LogP contribution is -2.30. The summed E-state index contributed by atoms with van der Waals surface area (Å²) < 4.78 is 10.4. The van der Waals surface area contributed by atoms with Crippen molar-refractivity contribution in [3.63, 3.8) is 0 Å². The van der Waals surface area contributed by atoms with Crippen LogP contribution in [0, 0.1) is 0 Å². The van der Waals surface area contributed by atoms with E-state index in [1.807, 2.05) is 13.0 Å². The Hall–Kier alpha value is -1.46. The van der Waals surface area contributed by atoms with E-state index < -0.39 is 0 Å². The molecular weight excluding hydrogens is 280 g/mol. The topological polar surface area (TPSA) is 73.6 Å². The Balaban J connectivity index is 0.00000361. The average molecular weight is 303 g/mol. The summed E-state index contributed by atoms with van der Waals surface area (Å²) in [7, 11) is 3.17. The van der Waals surface area contributed by atoms with Crippen molar-refractivity contribution >= 4 is 18.3 Å². The third-order valence-corrected chi connectivity index (χ3v) is 2.76. The van der Waals surface area contributed by atoms with Crippen molar-refractivity contribution in [3.05, 3.63) is 23.8 Å². The number of nitrogens with one attached hydrogen (secondary N) is 1. The average Bonchev–Trinajstić information content (AvgIpc) is 2.38. The quantitative estimate of drug-likeness (QED) is 0.801. The number of amides is 1. The van der Waals surface area contributed by atoms with Gasteiger partial charge >= 0.3 is 0 Å². The second-order valence-corrected chi connectivity index (χ2v) is 4.47. The second kappa shape index (κ2) is 9.44. The summed E-state index contributed by atoms with van der Waals surface area (Å²) in [6.07, 6.45) is 1.03. The predicted molar refractivity (Wildman–Crippen MR) is 81.8 cm³/mol. The molecule has 6 heteroatoms. The van der Waals surface area contributed by atoms with E-state index in [0.29, 0.717) is 18.0 Å². The molecule has 0 saturated carbocycles. The van der Waals surface area contributed by atoms with Crippen LogP contribution in [0.4, 0.5) is 0 Å². The lowest BCUT2D eigenvalue weighted by molar-refractivity contribution is -0.120. The summed E-state index contributed by atoms with van der Waals surface area (Å²) in [6.45, 7) is 2.50. The Morgan fingerprint density at radius 1 is 1.35 bits per heavy atom. The van der Waals surface area contributed by atoms with Crippen molar-refractivity contribution < 1.29 is 14.3 Å². The van der Waals surface area contributed by atoms with E-state index in [1.54, 1.807) is 26.4 Å². The second-order valence-electron chi connectivity index (χ2n) is 4.47. The number of halogens is 1. The minimum absolute atomic E-state index is 0. The molecule has 0 aliphatic rings. The number of rotatable bonds is 7. The summed E-state index contributed by atoms with van der Waals surface area (Å²) in [5.41, 5.74) is 6.43. The highest BCUT2D eigenvalue weighted by Crippen LogP contribution is 2.24. The molecule has 0 aromatic heterocycles. The maximum absolute atomic E-state index is 11.8. The number of nitrogens with two attached hydrogens (primary N) is 1. The summed E-state index contributed by atoms with van der Waals surface area (Å²) >= 11 is 0. The predicted octanol–water partition coefficient (Wildman–Crippen LogP) is 1.52. The first-order valence-corrected chi connectivity index (χ1v) is 6.30. The SMILES string of the molecule is COc1ccc(OC)c(CC(=O)NCCC(C)N)c1.Cl. The van der Waals surface area contributed by atoms with E-state index >= 15 is 0 Å². The summed E-state index contributed by atoms with van der Waals surface area (Å²) in [5, 5.41) is 2.84. The van der Waals surface area contributed by atoms with Gasteiger partial charge in [-0.25, -0.2) is 0 Å². The van der Waals surface area contributed by atoms with E-state index in [1.165, 1.54) is 0 Å². The molecule has 0 aliphatic heterocycles. The van der Waals surface area contributed by atoms with Crippen LogP contribution in [0.15, 0.2) is 18.2 Å². The van der Waals surface area contributed by atoms with Gasteiger partial charge in [0.1, 0.15) is 11.5 Å². The smallest absolute Gasteiger partial charge is 0.224 e. The summed E-state index contributed by atoms with van der Waals surface area (Å²) in [5.74, 6) is 1.34. The van der Waals surface area contributed by atoms with Crippen molar-refractivity contribution in [2.24, 2.45) is 5.73 Å². The van der Waals surface area contributed by atoms with E-state index in [9.17, 15) is 4.79 Å². The van der Waals surface area contributed by atoms with Crippen molar-refractivity contribution in [2.45, 2.75) is 25.8 Å². The molecule has 0 heterocycles. The molecule has 0 bridgehead atoms. The number of benzene rings is 1. The van der Waals surface area contributed by atoms with E-state index in [2.05, 4.69) is 5.32 Å². The number of carbonyl (C=O) groups excluding carboxylic acids is 1. The summed E-state index contributed by atoms with van der Waals surface area (Å²) in [6, 6.07) is 5.50. The van der Waals surface area contributed by atoms with Crippen LogP contribution in [0.2, 0.25) is 0 Å². The number of carbonyl (C=O) groups is 1. The minimum atomic E-state index is -0.0489. The molecule has 1 rings (SSSR count). The van der Waals surface area contributed by atoms with Crippen LogP contribution in [-0.4, -0.2) is 32.7 Å². The van der Waals surface area contributed by atoms with Crippen LogP contribution in [0.5, 0.6) is 11.5 Å². The molecule has 0 saturated heterocycles. The van der Waals surface area contributed by atoms with Crippen LogP contribution >= 0.6 is 12.4 Å². The number of methoxy groups -OCH3 is 2. The van der Waals surface area contributed by atoms with Gasteiger partial charge in [-0.3, -0.25) is 4.79 Å². The van der Waals surface area contributed by atoms with Gasteiger partial charge in [-0.2, -0.15) is 0 Å². The highest BCUT2D eigenvalue weighted by atomic mass is 35.5.